The van der Waals surface area contributed by atoms with Crippen molar-refractivity contribution in [2.24, 2.45) is 0 Å². The predicted octanol–water partition coefficient (Wildman–Crippen LogP) is 5.28. The van der Waals surface area contributed by atoms with Crippen molar-refractivity contribution in [2.45, 2.75) is 26.9 Å². The van der Waals surface area contributed by atoms with Crippen LogP contribution in [-0.4, -0.2) is 19.2 Å². The summed E-state index contributed by atoms with van der Waals surface area (Å²) in [5.41, 5.74) is 0.865. The van der Waals surface area contributed by atoms with Crippen molar-refractivity contribution in [3.8, 4) is 0 Å². The van der Waals surface area contributed by atoms with Gasteiger partial charge in [-0.15, -0.1) is 0 Å². The number of ether oxygens (including phenoxy) is 1. The average molecular weight is 486 g/mol. The molecule has 0 bridgehead atoms. The summed E-state index contributed by atoms with van der Waals surface area (Å²) < 4.78 is 33.3. The van der Waals surface area contributed by atoms with Gasteiger partial charge >= 0.3 is 13.8 Å². The molecule has 0 spiro atoms. The predicted molar refractivity (Wildman–Crippen MR) is 97.7 cm³/mol. The first-order valence-electron chi connectivity index (χ1n) is 7.22. The van der Waals surface area contributed by atoms with Crippen molar-refractivity contribution in [2.75, 3.05) is 13.2 Å². The van der Waals surface area contributed by atoms with Gasteiger partial charge in [0.1, 0.15) is 18.8 Å². The Bertz CT molecular complexity index is 591. The van der Waals surface area contributed by atoms with Gasteiger partial charge in [-0.3, -0.25) is 13.8 Å². The molecule has 1 aromatic carbocycles. The molecule has 0 atom stereocenters. The van der Waals surface area contributed by atoms with Gasteiger partial charge in [-0.1, -0.05) is 30.3 Å². The van der Waals surface area contributed by atoms with Gasteiger partial charge in [0.05, 0.1) is 16.6 Å². The summed E-state index contributed by atoms with van der Waals surface area (Å²) in [6.45, 7) is 3.75. The maximum atomic E-state index is 12.4. The molecule has 0 aliphatic carbocycles. The molecule has 0 aliphatic rings. The zero-order valence-electron chi connectivity index (χ0n) is 13.4. The lowest BCUT2D eigenvalue weighted by molar-refractivity contribution is -0.144. The summed E-state index contributed by atoms with van der Waals surface area (Å²) >= 11 is 6.30. The number of esters is 1. The summed E-state index contributed by atoms with van der Waals surface area (Å²) in [6, 6.07) is 9.28. The Morgan fingerprint density at radius 1 is 1.08 bits per heavy atom. The van der Waals surface area contributed by atoms with Crippen LogP contribution >= 0.6 is 39.7 Å². The van der Waals surface area contributed by atoms with Crippen molar-refractivity contribution < 1.29 is 27.7 Å². The van der Waals surface area contributed by atoms with E-state index in [0.717, 1.165) is 5.56 Å². The number of rotatable bonds is 10. The van der Waals surface area contributed by atoms with Gasteiger partial charge in [-0.2, -0.15) is 0 Å². The SMILES string of the molecule is CCOP(=O)(OCC)OC(CC(=O)OCc1ccccc1)=C(Br)Br. The smallest absolute Gasteiger partial charge is 0.460 e. The Morgan fingerprint density at radius 2 is 1.67 bits per heavy atom. The highest BCUT2D eigenvalue weighted by Crippen LogP contribution is 2.52. The Kier molecular flexibility index (Phi) is 9.85. The Morgan fingerprint density at radius 3 is 2.17 bits per heavy atom. The number of carbonyl (C=O) groups is 1. The van der Waals surface area contributed by atoms with Crippen molar-refractivity contribution in [3.05, 3.63) is 45.0 Å². The minimum absolute atomic E-state index is 0.0679. The van der Waals surface area contributed by atoms with Crippen LogP contribution in [0.3, 0.4) is 0 Å². The third kappa shape index (κ3) is 7.94. The highest BCUT2D eigenvalue weighted by Gasteiger charge is 2.30. The molecule has 0 aromatic heterocycles. The molecule has 0 amide bonds. The van der Waals surface area contributed by atoms with E-state index in [1.54, 1.807) is 13.8 Å². The number of hydrogen-bond donors (Lipinski definition) is 0. The highest BCUT2D eigenvalue weighted by molar-refractivity contribution is 9.28. The Labute approximate surface area is 158 Å². The lowest BCUT2D eigenvalue weighted by atomic mass is 10.2. The van der Waals surface area contributed by atoms with Gasteiger partial charge in [0.2, 0.25) is 0 Å². The van der Waals surface area contributed by atoms with Crippen LogP contribution in [-0.2, 0) is 34.3 Å². The molecule has 0 aliphatic heterocycles. The summed E-state index contributed by atoms with van der Waals surface area (Å²) in [7, 11) is -3.79. The first-order valence-corrected chi connectivity index (χ1v) is 10.3. The first-order chi connectivity index (χ1) is 11.4. The topological polar surface area (TPSA) is 71.1 Å². The number of hydrogen-bond acceptors (Lipinski definition) is 6. The molecular weight excluding hydrogens is 467 g/mol. The van der Waals surface area contributed by atoms with Crippen LogP contribution in [0.1, 0.15) is 25.8 Å². The van der Waals surface area contributed by atoms with E-state index in [-0.39, 0.29) is 32.0 Å². The van der Waals surface area contributed by atoms with E-state index in [9.17, 15) is 9.36 Å². The van der Waals surface area contributed by atoms with Gasteiger partial charge in [-0.05, 0) is 51.3 Å². The number of benzene rings is 1. The fraction of sp³-hybridized carbons (Fsp3) is 0.400. The zero-order valence-corrected chi connectivity index (χ0v) is 17.4. The van der Waals surface area contributed by atoms with Gasteiger partial charge in [0.15, 0.2) is 0 Å². The Balaban J connectivity index is 2.67. The van der Waals surface area contributed by atoms with E-state index >= 15 is 0 Å². The summed E-state index contributed by atoms with van der Waals surface area (Å²) in [5, 5.41) is 0. The average Bonchev–Trinajstić information content (AvgIpc) is 2.53. The second-order valence-electron chi connectivity index (χ2n) is 4.38. The van der Waals surface area contributed by atoms with Gasteiger partial charge in [0, 0.05) is 0 Å². The molecule has 0 radical (unpaired) electrons. The zero-order chi connectivity index (χ0) is 18.0. The maximum absolute atomic E-state index is 12.4. The molecule has 0 heterocycles. The third-order valence-corrected chi connectivity index (χ3v) is 5.03. The van der Waals surface area contributed by atoms with Gasteiger partial charge in [-0.25, -0.2) is 4.57 Å². The van der Waals surface area contributed by atoms with E-state index in [0.29, 0.717) is 3.39 Å². The second kappa shape index (κ2) is 11.1. The molecule has 0 unspecified atom stereocenters. The largest absolute Gasteiger partial charge is 0.529 e. The van der Waals surface area contributed by atoms with Crippen LogP contribution < -0.4 is 0 Å². The van der Waals surface area contributed by atoms with E-state index < -0.39 is 13.8 Å². The van der Waals surface area contributed by atoms with Crippen LogP contribution in [0.25, 0.3) is 0 Å². The summed E-state index contributed by atoms with van der Waals surface area (Å²) in [4.78, 5) is 12.0. The van der Waals surface area contributed by atoms with E-state index in [4.69, 9.17) is 18.3 Å². The van der Waals surface area contributed by atoms with Crippen LogP contribution in [0.5, 0.6) is 0 Å². The lowest BCUT2D eigenvalue weighted by Crippen LogP contribution is -2.09. The molecule has 1 aromatic rings. The normalized spacial score (nSPS) is 11.0. The van der Waals surface area contributed by atoms with Gasteiger partial charge < -0.3 is 9.26 Å². The van der Waals surface area contributed by atoms with Crippen LogP contribution in [0.2, 0.25) is 0 Å². The standard InChI is InChI=1S/C15H19Br2O6P/c1-3-21-24(19,22-4-2)23-13(15(16)17)10-14(18)20-11-12-8-6-5-7-9-12/h5-9H,3-4,10-11H2,1-2H3. The number of carbonyl (C=O) groups excluding carboxylic acids is 1. The maximum Gasteiger partial charge on any atom is 0.529 e. The van der Waals surface area contributed by atoms with Crippen LogP contribution in [0, 0.1) is 0 Å². The van der Waals surface area contributed by atoms with Crippen LogP contribution in [0.15, 0.2) is 39.5 Å². The minimum atomic E-state index is -3.79. The Hall–Kier alpha value is -0.660. The molecule has 1 rings (SSSR count). The van der Waals surface area contributed by atoms with E-state index in [2.05, 4.69) is 31.9 Å². The number of halogens is 2. The van der Waals surface area contributed by atoms with Crippen molar-refractivity contribution >= 4 is 45.7 Å². The quantitative estimate of drug-likeness (QED) is 0.255. The fourth-order valence-corrected chi connectivity index (χ4v) is 3.53. The monoisotopic (exact) mass is 484 g/mol. The fourth-order valence-electron chi connectivity index (χ4n) is 1.59. The molecule has 0 saturated heterocycles. The molecule has 0 saturated carbocycles. The summed E-state index contributed by atoms with van der Waals surface area (Å²) in [6.07, 6.45) is -0.233. The van der Waals surface area contributed by atoms with Crippen molar-refractivity contribution in [1.82, 2.24) is 0 Å². The molecule has 9 heteroatoms. The number of phosphoric ester groups is 1. The van der Waals surface area contributed by atoms with Crippen LogP contribution in [0.4, 0.5) is 0 Å². The first kappa shape index (κ1) is 21.4. The minimum Gasteiger partial charge on any atom is -0.460 e. The second-order valence-corrected chi connectivity index (χ2v) is 8.62. The lowest BCUT2D eigenvalue weighted by Gasteiger charge is -2.19. The van der Waals surface area contributed by atoms with Gasteiger partial charge in [0.25, 0.3) is 0 Å². The highest BCUT2D eigenvalue weighted by atomic mass is 79.9. The molecule has 0 fully saturated rings. The molecule has 6 nitrogen and oxygen atoms in total. The summed E-state index contributed by atoms with van der Waals surface area (Å²) in [5.74, 6) is -0.469. The molecule has 24 heavy (non-hydrogen) atoms. The molecule has 0 N–H and O–H groups in total. The van der Waals surface area contributed by atoms with Crippen molar-refractivity contribution in [1.29, 1.82) is 0 Å². The van der Waals surface area contributed by atoms with E-state index in [1.165, 1.54) is 0 Å². The number of phosphoric acid groups is 1. The van der Waals surface area contributed by atoms with E-state index in [1.807, 2.05) is 30.3 Å². The molecule has 134 valence electrons. The third-order valence-electron chi connectivity index (χ3n) is 2.55. The van der Waals surface area contributed by atoms with Crippen molar-refractivity contribution in [3.63, 3.8) is 0 Å². The molecular formula is C15H19Br2O6P.